The predicted octanol–water partition coefficient (Wildman–Crippen LogP) is 2.71. The highest BCUT2D eigenvalue weighted by Gasteiger charge is 2.29. The van der Waals surface area contributed by atoms with Crippen molar-refractivity contribution in [2.45, 2.75) is 44.2 Å². The van der Waals surface area contributed by atoms with Crippen LogP contribution in [0.4, 0.5) is 4.79 Å². The molecular weight excluding hydrogens is 326 g/mol. The van der Waals surface area contributed by atoms with Crippen LogP contribution in [-0.4, -0.2) is 44.6 Å². The molecule has 1 aromatic rings. The lowest BCUT2D eigenvalue weighted by atomic mass is 10.0. The fraction of sp³-hybridized carbons (Fsp3) is 0.588. The van der Waals surface area contributed by atoms with Crippen LogP contribution in [0.2, 0.25) is 0 Å². The molecular formula is C17H23N3O3S. The van der Waals surface area contributed by atoms with Gasteiger partial charge in [0.05, 0.1) is 16.4 Å². The van der Waals surface area contributed by atoms with E-state index in [9.17, 15) is 9.00 Å². The van der Waals surface area contributed by atoms with E-state index in [1.165, 1.54) is 0 Å². The van der Waals surface area contributed by atoms with E-state index in [1.54, 1.807) is 23.2 Å². The minimum atomic E-state index is -1.35. The maximum atomic E-state index is 12.6. The first-order chi connectivity index (χ1) is 11.3. The largest absolute Gasteiger partial charge is 0.444 e. The van der Waals surface area contributed by atoms with Gasteiger partial charge in [-0.3, -0.25) is 4.21 Å². The van der Waals surface area contributed by atoms with E-state index in [4.69, 9.17) is 10.00 Å². The monoisotopic (exact) mass is 349 g/mol. The third kappa shape index (κ3) is 5.03. The highest BCUT2D eigenvalue weighted by atomic mass is 32.2. The van der Waals surface area contributed by atoms with Crippen LogP contribution < -0.4 is 0 Å². The van der Waals surface area contributed by atoms with Crippen molar-refractivity contribution < 1.29 is 13.7 Å². The second kappa shape index (κ2) is 7.75. The van der Waals surface area contributed by atoms with Gasteiger partial charge in [0, 0.05) is 25.0 Å². The number of nitriles is 1. The Labute approximate surface area is 145 Å². The molecule has 0 aliphatic carbocycles. The van der Waals surface area contributed by atoms with Crippen molar-refractivity contribution in [1.29, 1.82) is 5.26 Å². The summed E-state index contributed by atoms with van der Waals surface area (Å²) in [6, 6.07) is 5.30. The molecule has 0 aromatic carbocycles. The fourth-order valence-corrected chi connectivity index (χ4v) is 4.04. The van der Waals surface area contributed by atoms with E-state index >= 15 is 0 Å². The van der Waals surface area contributed by atoms with Gasteiger partial charge >= 0.3 is 6.09 Å². The van der Waals surface area contributed by atoms with Gasteiger partial charge < -0.3 is 9.64 Å². The molecule has 7 heteroatoms. The van der Waals surface area contributed by atoms with Gasteiger partial charge in [0.1, 0.15) is 16.7 Å². The maximum Gasteiger partial charge on any atom is 0.410 e. The van der Waals surface area contributed by atoms with Gasteiger partial charge in [-0.1, -0.05) is 0 Å². The SMILES string of the molecule is CC(C)(C)OC(=O)N1CCC[C@H](C[S@](=O)c2ncccc2C#N)C1. The van der Waals surface area contributed by atoms with Crippen LogP contribution in [0.1, 0.15) is 39.2 Å². The van der Waals surface area contributed by atoms with E-state index in [0.717, 1.165) is 12.8 Å². The summed E-state index contributed by atoms with van der Waals surface area (Å²) in [5.41, 5.74) is -0.182. The number of rotatable bonds is 3. The smallest absolute Gasteiger partial charge is 0.410 e. The first kappa shape index (κ1) is 18.4. The average molecular weight is 349 g/mol. The minimum absolute atomic E-state index is 0.112. The summed E-state index contributed by atoms with van der Waals surface area (Å²) in [5, 5.41) is 9.43. The summed E-state index contributed by atoms with van der Waals surface area (Å²) in [7, 11) is -1.35. The Morgan fingerprint density at radius 1 is 1.54 bits per heavy atom. The van der Waals surface area contributed by atoms with Gasteiger partial charge in [-0.05, 0) is 51.7 Å². The van der Waals surface area contributed by atoms with Crippen molar-refractivity contribution in [3.05, 3.63) is 23.9 Å². The number of carbonyl (C=O) groups is 1. The number of pyridine rings is 1. The maximum absolute atomic E-state index is 12.6. The van der Waals surface area contributed by atoms with Gasteiger partial charge in [-0.25, -0.2) is 9.78 Å². The molecule has 0 N–H and O–H groups in total. The molecule has 0 spiro atoms. The molecule has 6 nitrogen and oxygen atoms in total. The average Bonchev–Trinajstić information content (AvgIpc) is 2.53. The zero-order chi connectivity index (χ0) is 17.7. The summed E-state index contributed by atoms with van der Waals surface area (Å²) < 4.78 is 18.0. The Bertz CT molecular complexity index is 664. The van der Waals surface area contributed by atoms with Crippen molar-refractivity contribution >= 4 is 16.9 Å². The van der Waals surface area contributed by atoms with Crippen LogP contribution >= 0.6 is 0 Å². The van der Waals surface area contributed by atoms with Crippen LogP contribution in [0.25, 0.3) is 0 Å². The second-order valence-corrected chi connectivity index (χ2v) is 8.33. The van der Waals surface area contributed by atoms with Crippen molar-refractivity contribution in [2.24, 2.45) is 5.92 Å². The normalized spacial score (nSPS) is 19.4. The van der Waals surface area contributed by atoms with Crippen LogP contribution in [0.15, 0.2) is 23.4 Å². The Hall–Kier alpha value is -1.94. The van der Waals surface area contributed by atoms with Crippen molar-refractivity contribution in [2.75, 3.05) is 18.8 Å². The van der Waals surface area contributed by atoms with E-state index < -0.39 is 16.4 Å². The molecule has 1 fully saturated rings. The van der Waals surface area contributed by atoms with Crippen molar-refractivity contribution in [3.63, 3.8) is 0 Å². The number of hydrogen-bond acceptors (Lipinski definition) is 5. The number of nitrogens with zero attached hydrogens (tertiary/aromatic N) is 3. The molecule has 1 aromatic heterocycles. The van der Waals surface area contributed by atoms with Gasteiger partial charge in [0.15, 0.2) is 0 Å². The predicted molar refractivity (Wildman–Crippen MR) is 90.8 cm³/mol. The summed E-state index contributed by atoms with van der Waals surface area (Å²) in [5.74, 6) is 0.506. The number of hydrogen-bond donors (Lipinski definition) is 0. The zero-order valence-electron chi connectivity index (χ0n) is 14.3. The number of likely N-dealkylation sites (tertiary alicyclic amines) is 1. The number of aromatic nitrogens is 1. The Morgan fingerprint density at radius 2 is 2.29 bits per heavy atom. The van der Waals surface area contributed by atoms with Gasteiger partial charge in [-0.15, -0.1) is 0 Å². The van der Waals surface area contributed by atoms with Crippen molar-refractivity contribution in [3.8, 4) is 6.07 Å². The number of piperidine rings is 1. The summed E-state index contributed by atoms with van der Waals surface area (Å²) in [4.78, 5) is 18.0. The molecule has 24 heavy (non-hydrogen) atoms. The first-order valence-corrected chi connectivity index (χ1v) is 9.33. The summed E-state index contributed by atoms with van der Waals surface area (Å²) in [6.07, 6.45) is 2.98. The lowest BCUT2D eigenvalue weighted by molar-refractivity contribution is 0.0176. The molecule has 0 unspecified atom stereocenters. The van der Waals surface area contributed by atoms with Crippen LogP contribution in [0.5, 0.6) is 0 Å². The molecule has 1 aliphatic heterocycles. The third-order valence-electron chi connectivity index (χ3n) is 3.67. The summed E-state index contributed by atoms with van der Waals surface area (Å²) in [6.45, 7) is 6.70. The topological polar surface area (TPSA) is 83.3 Å². The van der Waals surface area contributed by atoms with Gasteiger partial charge in [-0.2, -0.15) is 5.26 Å². The van der Waals surface area contributed by atoms with Crippen LogP contribution in [0, 0.1) is 17.2 Å². The summed E-state index contributed by atoms with van der Waals surface area (Å²) >= 11 is 0. The highest BCUT2D eigenvalue weighted by Crippen LogP contribution is 2.22. The lowest BCUT2D eigenvalue weighted by Gasteiger charge is -2.33. The highest BCUT2D eigenvalue weighted by molar-refractivity contribution is 7.85. The zero-order valence-corrected chi connectivity index (χ0v) is 15.1. The third-order valence-corrected chi connectivity index (χ3v) is 5.20. The fourth-order valence-electron chi connectivity index (χ4n) is 2.64. The quantitative estimate of drug-likeness (QED) is 0.838. The Morgan fingerprint density at radius 3 is 2.96 bits per heavy atom. The van der Waals surface area contributed by atoms with E-state index in [2.05, 4.69) is 4.98 Å². The number of ether oxygens (including phenoxy) is 1. The molecule has 2 rings (SSSR count). The molecule has 2 heterocycles. The minimum Gasteiger partial charge on any atom is -0.444 e. The lowest BCUT2D eigenvalue weighted by Crippen LogP contribution is -2.44. The van der Waals surface area contributed by atoms with Crippen LogP contribution in [0.3, 0.4) is 0 Å². The standard InChI is InChI=1S/C17H23N3O3S/c1-17(2,3)23-16(21)20-9-5-6-13(11-20)12-24(22)15-14(10-18)7-4-8-19-15/h4,7-8,13H,5-6,9,11-12H2,1-3H3/t13-,24-/m0/s1. The number of carbonyl (C=O) groups excluding carboxylic acids is 1. The van der Waals surface area contributed by atoms with E-state index in [0.29, 0.717) is 29.4 Å². The molecule has 1 saturated heterocycles. The molecule has 1 amide bonds. The Kier molecular flexibility index (Phi) is 5.94. The van der Waals surface area contributed by atoms with E-state index in [1.807, 2.05) is 26.8 Å². The Balaban J connectivity index is 1.99. The van der Waals surface area contributed by atoms with Crippen LogP contribution in [-0.2, 0) is 15.5 Å². The first-order valence-electron chi connectivity index (χ1n) is 8.01. The van der Waals surface area contributed by atoms with Gasteiger partial charge in [0.2, 0.25) is 0 Å². The molecule has 0 radical (unpaired) electrons. The van der Waals surface area contributed by atoms with Crippen molar-refractivity contribution in [1.82, 2.24) is 9.88 Å². The van der Waals surface area contributed by atoms with E-state index in [-0.39, 0.29) is 12.0 Å². The molecule has 130 valence electrons. The van der Waals surface area contributed by atoms with Gasteiger partial charge in [0.25, 0.3) is 0 Å². The molecule has 0 bridgehead atoms. The number of amides is 1. The second-order valence-electron chi connectivity index (χ2n) is 6.91. The molecule has 2 atom stereocenters. The molecule has 0 saturated carbocycles. The molecule has 1 aliphatic rings.